The monoisotopic (exact) mass is 219 g/mol. The Morgan fingerprint density at radius 2 is 2.50 bits per heavy atom. The number of tetrazole rings is 1. The fraction of sp³-hybridized carbons (Fsp3) is 0. The quantitative estimate of drug-likeness (QED) is 0.828. The summed E-state index contributed by atoms with van der Waals surface area (Å²) in [7, 11) is 0. The molecule has 0 saturated heterocycles. The second kappa shape index (κ2) is 3.38. The van der Waals surface area contributed by atoms with Gasteiger partial charge in [0.2, 0.25) is 5.16 Å². The topological polar surface area (TPSA) is 67.3 Å². The first-order chi connectivity index (χ1) is 5.84. The van der Waals surface area contributed by atoms with E-state index in [1.807, 2.05) is 0 Å². The Bertz CT molecular complexity index is 357. The summed E-state index contributed by atoms with van der Waals surface area (Å²) in [6.07, 6.45) is 1.60. The molecule has 0 aliphatic rings. The van der Waals surface area contributed by atoms with Crippen molar-refractivity contribution in [3.63, 3.8) is 0 Å². The third kappa shape index (κ3) is 1.74. The van der Waals surface area contributed by atoms with Crippen LogP contribution < -0.4 is 0 Å². The van der Waals surface area contributed by atoms with Crippen LogP contribution in [0.25, 0.3) is 0 Å². The minimum Gasteiger partial charge on any atom is -0.236 e. The smallest absolute Gasteiger partial charge is 0.213 e. The molecule has 2 aromatic heterocycles. The van der Waals surface area contributed by atoms with Gasteiger partial charge in [0, 0.05) is 0 Å². The molecule has 5 nitrogen and oxygen atoms in total. The van der Waals surface area contributed by atoms with E-state index in [1.54, 1.807) is 6.20 Å². The van der Waals surface area contributed by atoms with Gasteiger partial charge in [-0.15, -0.1) is 5.10 Å². The maximum absolute atomic E-state index is 5.68. The molecular formula is C4H2ClN5S2. The zero-order valence-corrected chi connectivity index (χ0v) is 7.95. The van der Waals surface area contributed by atoms with E-state index in [1.165, 1.54) is 23.1 Å². The Kier molecular flexibility index (Phi) is 2.24. The molecule has 0 unspecified atom stereocenters. The van der Waals surface area contributed by atoms with E-state index in [4.69, 9.17) is 11.6 Å². The van der Waals surface area contributed by atoms with Crippen molar-refractivity contribution in [2.45, 2.75) is 9.50 Å². The predicted octanol–water partition coefficient (Wildman–Crippen LogP) is 1.46. The Hall–Kier alpha value is -0.660. The van der Waals surface area contributed by atoms with Crippen molar-refractivity contribution in [3.8, 4) is 0 Å². The van der Waals surface area contributed by atoms with E-state index in [0.717, 1.165) is 4.34 Å². The normalized spacial score (nSPS) is 10.4. The average molecular weight is 220 g/mol. The highest BCUT2D eigenvalue weighted by molar-refractivity contribution is 8.00. The molecule has 0 bridgehead atoms. The molecule has 0 aliphatic carbocycles. The zero-order chi connectivity index (χ0) is 8.39. The van der Waals surface area contributed by atoms with Crippen LogP contribution in [-0.2, 0) is 0 Å². The first-order valence-electron chi connectivity index (χ1n) is 2.87. The summed E-state index contributed by atoms with van der Waals surface area (Å²) in [5.74, 6) is 0. The van der Waals surface area contributed by atoms with E-state index in [0.29, 0.717) is 9.49 Å². The molecule has 0 radical (unpaired) electrons. The predicted molar refractivity (Wildman–Crippen MR) is 45.4 cm³/mol. The fourth-order valence-corrected chi connectivity index (χ4v) is 2.45. The molecule has 12 heavy (non-hydrogen) atoms. The highest BCUT2D eigenvalue weighted by Gasteiger charge is 2.04. The van der Waals surface area contributed by atoms with Crippen LogP contribution in [-0.4, -0.2) is 25.6 Å². The summed E-state index contributed by atoms with van der Waals surface area (Å²) in [4.78, 5) is 4.02. The van der Waals surface area contributed by atoms with E-state index in [2.05, 4.69) is 25.6 Å². The van der Waals surface area contributed by atoms with Gasteiger partial charge in [-0.25, -0.2) is 10.1 Å². The van der Waals surface area contributed by atoms with Crippen LogP contribution in [0.1, 0.15) is 0 Å². The number of aromatic amines is 1. The van der Waals surface area contributed by atoms with Gasteiger partial charge < -0.3 is 0 Å². The average Bonchev–Trinajstić information content (AvgIpc) is 2.63. The molecule has 2 aromatic rings. The molecule has 2 rings (SSSR count). The molecule has 0 saturated carbocycles. The molecule has 0 aromatic carbocycles. The largest absolute Gasteiger partial charge is 0.236 e. The van der Waals surface area contributed by atoms with E-state index >= 15 is 0 Å². The number of nitrogens with zero attached hydrogens (tertiary/aromatic N) is 4. The van der Waals surface area contributed by atoms with Gasteiger partial charge in [-0.2, -0.15) is 0 Å². The van der Waals surface area contributed by atoms with Crippen LogP contribution in [0.4, 0.5) is 0 Å². The van der Waals surface area contributed by atoms with Crippen molar-refractivity contribution >= 4 is 34.7 Å². The second-order valence-corrected chi connectivity index (χ2v) is 4.64. The maximum atomic E-state index is 5.68. The lowest BCUT2D eigenvalue weighted by Crippen LogP contribution is -1.73. The minimum atomic E-state index is 0.612. The van der Waals surface area contributed by atoms with Gasteiger partial charge in [-0.1, -0.05) is 22.9 Å². The van der Waals surface area contributed by atoms with Crippen LogP contribution >= 0.6 is 34.7 Å². The lowest BCUT2D eigenvalue weighted by atomic mass is 11.0. The van der Waals surface area contributed by atoms with Crippen LogP contribution in [0.15, 0.2) is 15.7 Å². The third-order valence-corrected chi connectivity index (χ3v) is 3.02. The van der Waals surface area contributed by atoms with Gasteiger partial charge in [0.05, 0.1) is 6.20 Å². The van der Waals surface area contributed by atoms with Gasteiger partial charge in [-0.3, -0.25) is 0 Å². The molecule has 0 aliphatic heterocycles. The molecule has 0 atom stereocenters. The molecule has 0 fully saturated rings. The van der Waals surface area contributed by atoms with Gasteiger partial charge in [0.15, 0.2) is 4.34 Å². The lowest BCUT2D eigenvalue weighted by Gasteiger charge is -1.85. The summed E-state index contributed by atoms with van der Waals surface area (Å²) in [5.41, 5.74) is 0. The second-order valence-electron chi connectivity index (χ2n) is 1.74. The molecule has 62 valence electrons. The highest BCUT2D eigenvalue weighted by atomic mass is 35.5. The number of rotatable bonds is 2. The van der Waals surface area contributed by atoms with Gasteiger partial charge in [-0.05, 0) is 22.2 Å². The molecule has 0 amide bonds. The van der Waals surface area contributed by atoms with Crippen LogP contribution in [0.3, 0.4) is 0 Å². The lowest BCUT2D eigenvalue weighted by molar-refractivity contribution is 0.881. The Balaban J connectivity index is 2.14. The maximum Gasteiger partial charge on any atom is 0.213 e. The Morgan fingerprint density at radius 1 is 1.58 bits per heavy atom. The van der Waals surface area contributed by atoms with Gasteiger partial charge >= 0.3 is 0 Å². The number of aromatic nitrogens is 5. The summed E-state index contributed by atoms with van der Waals surface area (Å²) < 4.78 is 1.48. The summed E-state index contributed by atoms with van der Waals surface area (Å²) in [5, 5.41) is 13.8. The van der Waals surface area contributed by atoms with Gasteiger partial charge in [0.25, 0.3) is 0 Å². The van der Waals surface area contributed by atoms with Crippen molar-refractivity contribution in [1.29, 1.82) is 0 Å². The molecular weight excluding hydrogens is 218 g/mol. The van der Waals surface area contributed by atoms with Crippen LogP contribution in [0.2, 0.25) is 4.34 Å². The van der Waals surface area contributed by atoms with Crippen molar-refractivity contribution in [3.05, 3.63) is 10.5 Å². The first-order valence-corrected chi connectivity index (χ1v) is 4.88. The Labute approximate surface area is 80.5 Å². The molecule has 0 spiro atoms. The zero-order valence-electron chi connectivity index (χ0n) is 5.56. The SMILES string of the molecule is Clc1cnc(Sc2nnn[nH]2)s1. The molecule has 8 heteroatoms. The summed E-state index contributed by atoms with van der Waals surface area (Å²) in [6.45, 7) is 0. The van der Waals surface area contributed by atoms with Crippen molar-refractivity contribution in [1.82, 2.24) is 25.6 Å². The molecule has 2 heterocycles. The Morgan fingerprint density at radius 3 is 3.08 bits per heavy atom. The first kappa shape index (κ1) is 7.96. The van der Waals surface area contributed by atoms with E-state index in [-0.39, 0.29) is 0 Å². The van der Waals surface area contributed by atoms with E-state index in [9.17, 15) is 0 Å². The van der Waals surface area contributed by atoms with Crippen molar-refractivity contribution < 1.29 is 0 Å². The summed E-state index contributed by atoms with van der Waals surface area (Å²) >= 11 is 8.42. The molecule has 1 N–H and O–H groups in total. The highest BCUT2D eigenvalue weighted by Crippen LogP contribution is 2.30. The minimum absolute atomic E-state index is 0.612. The van der Waals surface area contributed by atoms with Crippen LogP contribution in [0, 0.1) is 0 Å². The number of hydrogen-bond acceptors (Lipinski definition) is 6. The number of thiazole rings is 1. The fourth-order valence-electron chi connectivity index (χ4n) is 0.563. The van der Waals surface area contributed by atoms with Gasteiger partial charge in [0.1, 0.15) is 4.34 Å². The number of hydrogen-bond donors (Lipinski definition) is 1. The number of nitrogens with one attached hydrogen (secondary N) is 1. The summed E-state index contributed by atoms with van der Waals surface area (Å²) in [6, 6.07) is 0. The van der Waals surface area contributed by atoms with Crippen LogP contribution in [0.5, 0.6) is 0 Å². The number of halogens is 1. The van der Waals surface area contributed by atoms with Crippen molar-refractivity contribution in [2.24, 2.45) is 0 Å². The van der Waals surface area contributed by atoms with E-state index < -0.39 is 0 Å². The number of H-pyrrole nitrogens is 1. The van der Waals surface area contributed by atoms with Crippen molar-refractivity contribution in [2.75, 3.05) is 0 Å². The third-order valence-electron chi connectivity index (χ3n) is 0.966. The standard InChI is InChI=1S/C4H2ClN5S2/c5-2-1-6-4(11-2)12-3-7-9-10-8-3/h1H,(H,7,8,9,10).